The van der Waals surface area contributed by atoms with Crippen molar-refractivity contribution < 1.29 is 20.4 Å². The maximum Gasteiger partial charge on any atom is 0.317 e. The minimum atomic E-state index is -1.65. The number of aliphatic hydroxyl groups is 4. The third-order valence-electron chi connectivity index (χ3n) is 6.02. The van der Waals surface area contributed by atoms with Gasteiger partial charge in [-0.05, 0) is 48.4 Å². The van der Waals surface area contributed by atoms with Crippen molar-refractivity contribution in [3.8, 4) is 0 Å². The number of aryl methyl sites for hydroxylation is 2. The van der Waals surface area contributed by atoms with Crippen molar-refractivity contribution in [2.75, 3.05) is 6.61 Å². The average Bonchev–Trinajstić information content (AvgIpc) is 2.65. The normalized spacial score (nSPS) is 18.9. The van der Waals surface area contributed by atoms with Crippen LogP contribution in [0.25, 0.3) is 11.0 Å². The van der Waals surface area contributed by atoms with E-state index in [1.165, 1.54) is 9.13 Å². The molecule has 0 unspecified atom stereocenters. The van der Waals surface area contributed by atoms with Crippen LogP contribution in [0.1, 0.15) is 37.0 Å². The Labute approximate surface area is 162 Å². The third-order valence-corrected chi connectivity index (χ3v) is 6.02. The minimum Gasteiger partial charge on any atom is -0.394 e. The van der Waals surface area contributed by atoms with Gasteiger partial charge in [0, 0.05) is 6.54 Å². The van der Waals surface area contributed by atoms with Crippen LogP contribution in [0.3, 0.4) is 0 Å². The molecule has 0 amide bonds. The van der Waals surface area contributed by atoms with E-state index >= 15 is 0 Å². The lowest BCUT2D eigenvalue weighted by molar-refractivity contribution is -0.0805. The number of benzene rings is 1. The van der Waals surface area contributed by atoms with Crippen LogP contribution in [-0.4, -0.2) is 54.5 Å². The van der Waals surface area contributed by atoms with E-state index in [2.05, 4.69) is 13.8 Å². The molecule has 0 radical (unpaired) electrons. The predicted molar refractivity (Wildman–Crippen MR) is 105 cm³/mol. The number of aromatic nitrogens is 2. The molecule has 4 N–H and O–H groups in total. The lowest BCUT2D eigenvalue weighted by atomic mass is 9.75. The van der Waals surface area contributed by atoms with E-state index in [9.17, 15) is 24.9 Å². The van der Waals surface area contributed by atoms with Crippen molar-refractivity contribution >= 4 is 11.0 Å². The number of hydrogen-bond donors (Lipinski definition) is 4. The summed E-state index contributed by atoms with van der Waals surface area (Å²) >= 11 is 0. The molecule has 1 aliphatic heterocycles. The largest absolute Gasteiger partial charge is 0.394 e. The Kier molecular flexibility index (Phi) is 5.26. The van der Waals surface area contributed by atoms with Gasteiger partial charge in [-0.3, -0.25) is 14.2 Å². The SMILES string of the molecule is Cc1cc2c3c(c1C)C(C)(C)CCn3c(=O)c(=O)n2C[C@H](O)[C@@H](O)[C@H](O)CO. The highest BCUT2D eigenvalue weighted by Crippen LogP contribution is 2.39. The van der Waals surface area contributed by atoms with E-state index in [0.29, 0.717) is 17.6 Å². The Bertz CT molecular complexity index is 1040. The molecule has 0 bridgehead atoms. The zero-order valence-electron chi connectivity index (χ0n) is 16.6. The second-order valence-electron chi connectivity index (χ2n) is 8.38. The van der Waals surface area contributed by atoms with E-state index < -0.39 is 36.0 Å². The van der Waals surface area contributed by atoms with Gasteiger partial charge in [-0.25, -0.2) is 0 Å². The van der Waals surface area contributed by atoms with Crippen LogP contribution < -0.4 is 11.1 Å². The molecular formula is C20H28N2O6. The van der Waals surface area contributed by atoms with Gasteiger partial charge < -0.3 is 25.0 Å². The molecule has 0 aliphatic carbocycles. The van der Waals surface area contributed by atoms with E-state index in [1.807, 2.05) is 19.9 Å². The topological polar surface area (TPSA) is 125 Å². The van der Waals surface area contributed by atoms with Crippen molar-refractivity contribution in [3.05, 3.63) is 43.5 Å². The first-order valence-corrected chi connectivity index (χ1v) is 9.44. The van der Waals surface area contributed by atoms with Crippen molar-refractivity contribution in [3.63, 3.8) is 0 Å². The summed E-state index contributed by atoms with van der Waals surface area (Å²) in [6.07, 6.45) is -3.99. The number of rotatable bonds is 5. The Morgan fingerprint density at radius 1 is 1.11 bits per heavy atom. The molecule has 2 aromatic rings. The Balaban J connectivity index is 2.31. The molecule has 1 aliphatic rings. The van der Waals surface area contributed by atoms with E-state index in [4.69, 9.17) is 5.11 Å². The molecule has 28 heavy (non-hydrogen) atoms. The van der Waals surface area contributed by atoms with Crippen LogP contribution in [0.15, 0.2) is 15.7 Å². The van der Waals surface area contributed by atoms with E-state index in [1.54, 1.807) is 0 Å². The predicted octanol–water partition coefficient (Wildman–Crippen LogP) is -0.464. The van der Waals surface area contributed by atoms with Crippen LogP contribution in [0.2, 0.25) is 0 Å². The zero-order valence-corrected chi connectivity index (χ0v) is 16.6. The molecule has 0 fully saturated rings. The number of hydrogen-bond acceptors (Lipinski definition) is 6. The minimum absolute atomic E-state index is 0.186. The fourth-order valence-corrected chi connectivity index (χ4v) is 4.20. The average molecular weight is 392 g/mol. The van der Waals surface area contributed by atoms with Crippen LogP contribution in [0.5, 0.6) is 0 Å². The lowest BCUT2D eigenvalue weighted by Gasteiger charge is -2.36. The molecule has 8 heteroatoms. The number of aliphatic hydroxyl groups excluding tert-OH is 4. The van der Waals surface area contributed by atoms with Gasteiger partial charge in [0.25, 0.3) is 0 Å². The molecule has 2 heterocycles. The van der Waals surface area contributed by atoms with Crippen molar-refractivity contribution in [2.24, 2.45) is 0 Å². The summed E-state index contributed by atoms with van der Waals surface area (Å²) in [6.45, 7) is 7.47. The summed E-state index contributed by atoms with van der Waals surface area (Å²) in [6, 6.07) is 1.81. The molecule has 0 saturated carbocycles. The second kappa shape index (κ2) is 7.11. The first kappa shape index (κ1) is 20.7. The fraction of sp³-hybridized carbons (Fsp3) is 0.600. The molecule has 0 saturated heterocycles. The Morgan fingerprint density at radius 2 is 1.75 bits per heavy atom. The zero-order chi connectivity index (χ0) is 21.0. The van der Waals surface area contributed by atoms with Crippen LogP contribution in [0, 0.1) is 13.8 Å². The summed E-state index contributed by atoms with van der Waals surface area (Å²) < 4.78 is 2.68. The van der Waals surface area contributed by atoms with Gasteiger partial charge in [0.15, 0.2) is 0 Å². The third kappa shape index (κ3) is 3.10. The maximum absolute atomic E-state index is 12.8. The maximum atomic E-state index is 12.8. The molecule has 3 atom stereocenters. The summed E-state index contributed by atoms with van der Waals surface area (Å²) in [4.78, 5) is 25.5. The molecular weight excluding hydrogens is 364 g/mol. The fourth-order valence-electron chi connectivity index (χ4n) is 4.20. The Morgan fingerprint density at radius 3 is 2.36 bits per heavy atom. The first-order valence-electron chi connectivity index (χ1n) is 9.44. The summed E-state index contributed by atoms with van der Waals surface area (Å²) in [5.41, 5.74) is 2.57. The van der Waals surface area contributed by atoms with Crippen LogP contribution in [-0.2, 0) is 18.5 Å². The lowest BCUT2D eigenvalue weighted by Crippen LogP contribution is -2.48. The highest BCUT2D eigenvalue weighted by atomic mass is 16.4. The van der Waals surface area contributed by atoms with Gasteiger partial charge in [0.2, 0.25) is 0 Å². The molecule has 1 aromatic carbocycles. The summed E-state index contributed by atoms with van der Waals surface area (Å²) in [5.74, 6) is 0. The number of nitrogens with zero attached hydrogens (tertiary/aromatic N) is 2. The molecule has 8 nitrogen and oxygen atoms in total. The monoisotopic (exact) mass is 392 g/mol. The first-order chi connectivity index (χ1) is 13.0. The molecule has 3 rings (SSSR count). The highest BCUT2D eigenvalue weighted by molar-refractivity contribution is 5.83. The molecule has 0 spiro atoms. The second-order valence-corrected chi connectivity index (χ2v) is 8.38. The van der Waals surface area contributed by atoms with Crippen molar-refractivity contribution in [2.45, 2.75) is 70.9 Å². The van der Waals surface area contributed by atoms with Crippen LogP contribution >= 0.6 is 0 Å². The smallest absolute Gasteiger partial charge is 0.317 e. The van der Waals surface area contributed by atoms with Crippen molar-refractivity contribution in [1.29, 1.82) is 0 Å². The van der Waals surface area contributed by atoms with Gasteiger partial charge in [-0.15, -0.1) is 0 Å². The van der Waals surface area contributed by atoms with Gasteiger partial charge in [0.05, 0.1) is 24.2 Å². The van der Waals surface area contributed by atoms with Crippen molar-refractivity contribution in [1.82, 2.24) is 9.13 Å². The Hall–Kier alpha value is -2.00. The standard InChI is InChI=1S/C20H28N2O6/c1-10-7-12-16-15(11(10)2)20(3,4)5-6-21(16)18(27)19(28)22(12)8-13(24)17(26)14(25)9-23/h7,13-14,17,23-26H,5-6,8-9H2,1-4H3/t13-,14+,17+/m0/s1. The summed E-state index contributed by atoms with van der Waals surface area (Å²) in [5, 5.41) is 38.8. The van der Waals surface area contributed by atoms with Gasteiger partial charge in [0.1, 0.15) is 18.3 Å². The van der Waals surface area contributed by atoms with E-state index in [0.717, 1.165) is 23.1 Å². The van der Waals surface area contributed by atoms with Gasteiger partial charge in [-0.2, -0.15) is 0 Å². The van der Waals surface area contributed by atoms with Crippen LogP contribution in [0.4, 0.5) is 0 Å². The van der Waals surface area contributed by atoms with Gasteiger partial charge >= 0.3 is 11.1 Å². The quantitative estimate of drug-likeness (QED) is 0.510. The molecule has 1 aromatic heterocycles. The van der Waals surface area contributed by atoms with Gasteiger partial charge in [-0.1, -0.05) is 13.8 Å². The summed E-state index contributed by atoms with van der Waals surface area (Å²) in [7, 11) is 0. The molecule has 154 valence electrons. The highest BCUT2D eigenvalue weighted by Gasteiger charge is 2.34. The van der Waals surface area contributed by atoms with E-state index in [-0.39, 0.29) is 12.0 Å².